The Balaban J connectivity index is 1.97. The number of rotatable bonds is 11. The summed E-state index contributed by atoms with van der Waals surface area (Å²) in [6, 6.07) is 20.7. The monoisotopic (exact) mass is 561 g/mol. The van der Waals surface area contributed by atoms with Crippen molar-refractivity contribution in [3.05, 3.63) is 94.5 Å². The van der Waals surface area contributed by atoms with Gasteiger partial charge in [0.25, 0.3) is 10.0 Å². The van der Waals surface area contributed by atoms with Crippen LogP contribution >= 0.6 is 23.2 Å². The topological polar surface area (TPSA) is 86.8 Å². The zero-order valence-corrected chi connectivity index (χ0v) is 22.9. The van der Waals surface area contributed by atoms with E-state index in [1.54, 1.807) is 32.0 Å². The van der Waals surface area contributed by atoms with Gasteiger partial charge < -0.3 is 10.2 Å². The molecule has 0 bridgehead atoms. The Morgan fingerprint density at radius 2 is 1.59 bits per heavy atom. The van der Waals surface area contributed by atoms with Crippen LogP contribution in [-0.2, 0) is 26.0 Å². The summed E-state index contributed by atoms with van der Waals surface area (Å²) in [5.41, 5.74) is 1.22. The van der Waals surface area contributed by atoms with E-state index in [9.17, 15) is 18.0 Å². The maximum atomic E-state index is 13.7. The van der Waals surface area contributed by atoms with Crippen molar-refractivity contribution in [3.63, 3.8) is 0 Å². The fourth-order valence-electron chi connectivity index (χ4n) is 3.79. The number of carbonyl (C=O) groups is 2. The van der Waals surface area contributed by atoms with Crippen LogP contribution in [0.3, 0.4) is 0 Å². The highest BCUT2D eigenvalue weighted by Gasteiger charge is 2.32. The first-order chi connectivity index (χ1) is 17.6. The van der Waals surface area contributed by atoms with Crippen molar-refractivity contribution in [2.45, 2.75) is 31.2 Å². The molecule has 0 spiro atoms. The fraction of sp³-hybridized carbons (Fsp3) is 0.259. The van der Waals surface area contributed by atoms with Crippen LogP contribution in [0, 0.1) is 0 Å². The van der Waals surface area contributed by atoms with Crippen molar-refractivity contribution in [3.8, 4) is 0 Å². The number of nitrogens with zero attached hydrogens (tertiary/aromatic N) is 2. The third kappa shape index (κ3) is 7.47. The molecule has 196 valence electrons. The molecular weight excluding hydrogens is 533 g/mol. The van der Waals surface area contributed by atoms with Crippen LogP contribution in [0.15, 0.2) is 83.8 Å². The number of anilines is 1. The average Bonchev–Trinajstić information content (AvgIpc) is 2.88. The summed E-state index contributed by atoms with van der Waals surface area (Å²) >= 11 is 12.1. The molecule has 2 amide bonds. The van der Waals surface area contributed by atoms with E-state index in [0.29, 0.717) is 23.0 Å². The molecule has 0 saturated carbocycles. The van der Waals surface area contributed by atoms with E-state index in [0.717, 1.165) is 9.87 Å². The molecule has 0 aliphatic rings. The van der Waals surface area contributed by atoms with E-state index < -0.39 is 28.5 Å². The molecule has 10 heteroatoms. The molecule has 3 aromatic rings. The summed E-state index contributed by atoms with van der Waals surface area (Å²) in [5.74, 6) is -0.842. The third-order valence-corrected chi connectivity index (χ3v) is 8.05. The summed E-state index contributed by atoms with van der Waals surface area (Å²) in [4.78, 5) is 27.8. The second kappa shape index (κ2) is 12.9. The standard InChI is InChI=1S/C27H29Cl2N3O4S/c1-3-30-27(34)20(2)31(17-16-21-8-5-4-6-9-21)26(33)19-32(24-11-7-10-23(29)18-24)37(35,36)25-14-12-22(28)13-15-25/h4-15,18,20H,3,16-17,19H2,1-2H3,(H,30,34)/t20-/m0/s1. The Bertz CT molecular complexity index is 1320. The summed E-state index contributed by atoms with van der Waals surface area (Å²) in [7, 11) is -4.17. The van der Waals surface area contributed by atoms with Crippen molar-refractivity contribution >= 4 is 50.7 Å². The van der Waals surface area contributed by atoms with Crippen LogP contribution in [0.4, 0.5) is 5.69 Å². The minimum Gasteiger partial charge on any atom is -0.355 e. The molecule has 3 rings (SSSR count). The van der Waals surface area contributed by atoms with Gasteiger partial charge in [-0.05, 0) is 68.3 Å². The van der Waals surface area contributed by atoms with Gasteiger partial charge in [-0.2, -0.15) is 0 Å². The van der Waals surface area contributed by atoms with Gasteiger partial charge >= 0.3 is 0 Å². The molecule has 0 aliphatic heterocycles. The molecule has 1 N–H and O–H groups in total. The molecule has 0 aromatic heterocycles. The summed E-state index contributed by atoms with van der Waals surface area (Å²) < 4.78 is 28.4. The van der Waals surface area contributed by atoms with E-state index in [2.05, 4.69) is 5.32 Å². The SMILES string of the molecule is CCNC(=O)[C@H](C)N(CCc1ccccc1)C(=O)CN(c1cccc(Cl)c1)S(=O)(=O)c1ccc(Cl)cc1. The molecule has 7 nitrogen and oxygen atoms in total. The van der Waals surface area contributed by atoms with E-state index in [4.69, 9.17) is 23.2 Å². The summed E-state index contributed by atoms with van der Waals surface area (Å²) in [5, 5.41) is 3.44. The highest BCUT2D eigenvalue weighted by atomic mass is 35.5. The Morgan fingerprint density at radius 3 is 2.22 bits per heavy atom. The number of amides is 2. The quantitative estimate of drug-likeness (QED) is 0.364. The second-order valence-corrected chi connectivity index (χ2v) is 11.1. The zero-order chi connectivity index (χ0) is 27.0. The largest absolute Gasteiger partial charge is 0.355 e. The van der Waals surface area contributed by atoms with Crippen LogP contribution in [0.1, 0.15) is 19.4 Å². The maximum Gasteiger partial charge on any atom is 0.264 e. The number of hydrogen-bond acceptors (Lipinski definition) is 4. The smallest absolute Gasteiger partial charge is 0.264 e. The van der Waals surface area contributed by atoms with Crippen LogP contribution in [-0.4, -0.2) is 50.8 Å². The molecule has 37 heavy (non-hydrogen) atoms. The Morgan fingerprint density at radius 1 is 0.919 bits per heavy atom. The van der Waals surface area contributed by atoms with Crippen LogP contribution in [0.5, 0.6) is 0 Å². The lowest BCUT2D eigenvalue weighted by Gasteiger charge is -2.32. The molecule has 3 aromatic carbocycles. The predicted octanol–water partition coefficient (Wildman–Crippen LogP) is 4.78. The number of nitrogens with one attached hydrogen (secondary N) is 1. The van der Waals surface area contributed by atoms with Gasteiger partial charge in [-0.15, -0.1) is 0 Å². The molecule has 1 atom stereocenters. The second-order valence-electron chi connectivity index (χ2n) is 8.34. The first-order valence-electron chi connectivity index (χ1n) is 11.8. The van der Waals surface area contributed by atoms with Gasteiger partial charge in [-0.1, -0.05) is 59.6 Å². The number of benzene rings is 3. The van der Waals surface area contributed by atoms with Crippen LogP contribution < -0.4 is 9.62 Å². The molecular formula is C27H29Cl2N3O4S. The minimum atomic E-state index is -4.17. The van der Waals surface area contributed by atoms with Crippen LogP contribution in [0.2, 0.25) is 10.0 Å². The first-order valence-corrected chi connectivity index (χ1v) is 14.0. The lowest BCUT2D eigenvalue weighted by molar-refractivity contribution is -0.138. The number of hydrogen-bond donors (Lipinski definition) is 1. The van der Waals surface area contributed by atoms with Crippen molar-refractivity contribution < 1.29 is 18.0 Å². The van der Waals surface area contributed by atoms with E-state index >= 15 is 0 Å². The lowest BCUT2D eigenvalue weighted by Crippen LogP contribution is -2.52. The van der Waals surface area contributed by atoms with E-state index in [1.807, 2.05) is 30.3 Å². The summed E-state index contributed by atoms with van der Waals surface area (Å²) in [6.45, 7) is 3.53. The van der Waals surface area contributed by atoms with Crippen LogP contribution in [0.25, 0.3) is 0 Å². The predicted molar refractivity (Wildman–Crippen MR) is 147 cm³/mol. The zero-order valence-electron chi connectivity index (χ0n) is 20.6. The Hall–Kier alpha value is -3.07. The molecule has 0 heterocycles. The Kier molecular flexibility index (Phi) is 9.97. The number of likely N-dealkylation sites (N-methyl/N-ethyl adjacent to an activating group) is 1. The first kappa shape index (κ1) is 28.5. The lowest BCUT2D eigenvalue weighted by atomic mass is 10.1. The van der Waals surface area contributed by atoms with Gasteiger partial charge in [0, 0.05) is 23.1 Å². The maximum absolute atomic E-state index is 13.7. The number of halogens is 2. The third-order valence-electron chi connectivity index (χ3n) is 5.78. The highest BCUT2D eigenvalue weighted by Crippen LogP contribution is 2.27. The van der Waals surface area contributed by atoms with Gasteiger partial charge in [-0.3, -0.25) is 13.9 Å². The number of carbonyl (C=O) groups excluding carboxylic acids is 2. The summed E-state index contributed by atoms with van der Waals surface area (Å²) in [6.07, 6.45) is 0.497. The molecule has 0 aliphatic carbocycles. The minimum absolute atomic E-state index is 0.0303. The van der Waals surface area contributed by atoms with E-state index in [-0.39, 0.29) is 23.0 Å². The normalized spacial score (nSPS) is 12.0. The van der Waals surface area contributed by atoms with Gasteiger partial charge in [-0.25, -0.2) is 8.42 Å². The van der Waals surface area contributed by atoms with Gasteiger partial charge in [0.2, 0.25) is 11.8 Å². The van der Waals surface area contributed by atoms with Gasteiger partial charge in [0.15, 0.2) is 0 Å². The average molecular weight is 563 g/mol. The molecule has 0 saturated heterocycles. The fourth-order valence-corrected chi connectivity index (χ4v) is 5.50. The Labute approximate surface area is 228 Å². The van der Waals surface area contributed by atoms with E-state index in [1.165, 1.54) is 35.2 Å². The van der Waals surface area contributed by atoms with Crippen molar-refractivity contribution in [1.29, 1.82) is 0 Å². The molecule has 0 unspecified atom stereocenters. The molecule has 0 radical (unpaired) electrons. The van der Waals surface area contributed by atoms with Crippen molar-refractivity contribution in [1.82, 2.24) is 10.2 Å². The van der Waals surface area contributed by atoms with Crippen molar-refractivity contribution in [2.24, 2.45) is 0 Å². The molecule has 0 fully saturated rings. The van der Waals surface area contributed by atoms with Crippen molar-refractivity contribution in [2.75, 3.05) is 23.9 Å². The number of sulfonamides is 1. The van der Waals surface area contributed by atoms with Gasteiger partial charge in [0.05, 0.1) is 10.6 Å². The van der Waals surface area contributed by atoms with Gasteiger partial charge in [0.1, 0.15) is 12.6 Å². The highest BCUT2D eigenvalue weighted by molar-refractivity contribution is 7.92.